The molecular weight excluding hydrogens is 554 g/mol. The van der Waals surface area contributed by atoms with Gasteiger partial charge in [0.15, 0.2) is 18.2 Å². The zero-order valence-corrected chi connectivity index (χ0v) is 21.7. The van der Waals surface area contributed by atoms with Crippen LogP contribution >= 0.6 is 27.5 Å². The van der Waals surface area contributed by atoms with Crippen LogP contribution in [0.25, 0.3) is 0 Å². The Balaban J connectivity index is 1.84. The van der Waals surface area contributed by atoms with Gasteiger partial charge in [-0.15, -0.1) is 0 Å². The Bertz CT molecular complexity index is 1280. The molecule has 4 rings (SSSR count). The second-order valence-electron chi connectivity index (χ2n) is 8.87. The molecule has 0 bridgehead atoms. The van der Waals surface area contributed by atoms with Gasteiger partial charge in [-0.25, -0.2) is 13.6 Å². The molecule has 0 aromatic heterocycles. The van der Waals surface area contributed by atoms with Crippen LogP contribution in [0.1, 0.15) is 48.2 Å². The predicted molar refractivity (Wildman–Crippen MR) is 137 cm³/mol. The Kier molecular flexibility index (Phi) is 8.13. The van der Waals surface area contributed by atoms with Crippen molar-refractivity contribution in [3.63, 3.8) is 0 Å². The number of carboxylic acid groups (broad SMARTS) is 1. The number of aliphatic carboxylic acids is 1. The molecule has 0 radical (unpaired) electrons. The molecule has 36 heavy (non-hydrogen) atoms. The predicted octanol–water partition coefficient (Wildman–Crippen LogP) is 8.02. The summed E-state index contributed by atoms with van der Waals surface area (Å²) >= 11 is 9.44. The molecule has 0 unspecified atom stereocenters. The first-order valence-corrected chi connectivity index (χ1v) is 12.5. The molecule has 1 saturated heterocycles. The lowest BCUT2D eigenvalue weighted by Gasteiger charge is -2.43. The van der Waals surface area contributed by atoms with Gasteiger partial charge in [-0.3, -0.25) is 0 Å². The molecule has 1 aliphatic heterocycles. The van der Waals surface area contributed by atoms with Crippen molar-refractivity contribution in [2.24, 2.45) is 5.92 Å². The molecule has 1 N–H and O–H groups in total. The number of halogens is 4. The quantitative estimate of drug-likeness (QED) is 0.289. The first-order valence-electron chi connectivity index (χ1n) is 11.3. The van der Waals surface area contributed by atoms with Crippen LogP contribution in [0.2, 0.25) is 5.02 Å². The largest absolute Gasteiger partial charge is 0.479 e. The Hall–Kier alpha value is -2.74. The van der Waals surface area contributed by atoms with Gasteiger partial charge in [-0.1, -0.05) is 63.9 Å². The maximum atomic E-state index is 15.0. The van der Waals surface area contributed by atoms with E-state index in [2.05, 4.69) is 22.5 Å². The number of ether oxygens (including phenoxy) is 2. The third-order valence-electron chi connectivity index (χ3n) is 6.32. The van der Waals surface area contributed by atoms with E-state index in [9.17, 15) is 9.18 Å². The third-order valence-corrected chi connectivity index (χ3v) is 7.03. The molecule has 188 valence electrons. The smallest absolute Gasteiger partial charge is 0.341 e. The van der Waals surface area contributed by atoms with Crippen molar-refractivity contribution in [1.82, 2.24) is 0 Å². The van der Waals surface area contributed by atoms with Crippen LogP contribution in [-0.4, -0.2) is 17.7 Å². The summed E-state index contributed by atoms with van der Waals surface area (Å²) in [5.41, 5.74) is 2.75. The number of rotatable bonds is 7. The normalized spacial score (nSPS) is 21.7. The summed E-state index contributed by atoms with van der Waals surface area (Å²) in [4.78, 5) is 11.2. The van der Waals surface area contributed by atoms with Crippen molar-refractivity contribution >= 4 is 33.5 Å². The van der Waals surface area contributed by atoms with E-state index in [0.717, 1.165) is 11.1 Å². The van der Waals surface area contributed by atoms with Crippen molar-refractivity contribution in [2.75, 3.05) is 6.61 Å². The summed E-state index contributed by atoms with van der Waals surface area (Å²) in [6, 6.07) is 16.5. The van der Waals surface area contributed by atoms with E-state index in [-0.39, 0.29) is 17.6 Å². The highest BCUT2D eigenvalue weighted by molar-refractivity contribution is 9.10. The maximum Gasteiger partial charge on any atom is 0.341 e. The number of carbonyl (C=O) groups is 1. The topological polar surface area (TPSA) is 55.8 Å². The summed E-state index contributed by atoms with van der Waals surface area (Å²) in [5.74, 6) is -2.99. The number of hydrogen-bond acceptors (Lipinski definition) is 3. The molecule has 3 aromatic rings. The second kappa shape index (κ2) is 11.1. The number of carboxylic acids is 1. The van der Waals surface area contributed by atoms with E-state index in [4.69, 9.17) is 26.2 Å². The second-order valence-corrected chi connectivity index (χ2v) is 10.2. The van der Waals surface area contributed by atoms with Gasteiger partial charge >= 0.3 is 5.97 Å². The summed E-state index contributed by atoms with van der Waals surface area (Å²) in [7, 11) is 0. The van der Waals surface area contributed by atoms with Gasteiger partial charge in [0.25, 0.3) is 0 Å². The van der Waals surface area contributed by atoms with Gasteiger partial charge in [0.1, 0.15) is 5.82 Å². The first kappa shape index (κ1) is 26.3. The Morgan fingerprint density at radius 2 is 1.86 bits per heavy atom. The van der Waals surface area contributed by atoms with Crippen molar-refractivity contribution in [3.05, 3.63) is 111 Å². The van der Waals surface area contributed by atoms with Crippen molar-refractivity contribution < 1.29 is 28.2 Å². The monoisotopic (exact) mass is 576 g/mol. The van der Waals surface area contributed by atoms with Gasteiger partial charge in [0, 0.05) is 26.9 Å². The molecule has 0 amide bonds. The van der Waals surface area contributed by atoms with Gasteiger partial charge in [-0.05, 0) is 60.9 Å². The van der Waals surface area contributed by atoms with Crippen LogP contribution in [0.4, 0.5) is 8.78 Å². The van der Waals surface area contributed by atoms with Crippen LogP contribution in [0.15, 0.2) is 77.3 Å². The molecule has 0 saturated carbocycles. The molecule has 8 heteroatoms. The molecule has 1 aliphatic rings. The summed E-state index contributed by atoms with van der Waals surface area (Å²) in [6.07, 6.45) is -0.748. The average Bonchev–Trinajstić information content (AvgIpc) is 2.82. The summed E-state index contributed by atoms with van der Waals surface area (Å²) in [6.45, 7) is 5.31. The minimum Gasteiger partial charge on any atom is -0.479 e. The fraction of sp³-hybridized carbons (Fsp3) is 0.250. The van der Waals surface area contributed by atoms with E-state index >= 15 is 4.39 Å². The lowest BCUT2D eigenvalue weighted by atomic mass is 9.74. The lowest BCUT2D eigenvalue weighted by Crippen LogP contribution is -2.32. The Morgan fingerprint density at radius 1 is 1.14 bits per heavy atom. The van der Waals surface area contributed by atoms with Gasteiger partial charge in [0.2, 0.25) is 0 Å². The van der Waals surface area contributed by atoms with Gasteiger partial charge in [0.05, 0.1) is 12.2 Å². The fourth-order valence-corrected chi connectivity index (χ4v) is 5.28. The van der Waals surface area contributed by atoms with Gasteiger partial charge in [-0.2, -0.15) is 0 Å². The Labute approximate surface area is 221 Å². The minimum atomic E-state index is -1.23. The van der Waals surface area contributed by atoms with Crippen molar-refractivity contribution in [2.45, 2.75) is 31.5 Å². The van der Waals surface area contributed by atoms with Crippen LogP contribution in [-0.2, 0) is 9.53 Å². The molecule has 0 aliphatic carbocycles. The van der Waals surface area contributed by atoms with E-state index in [0.29, 0.717) is 27.0 Å². The highest BCUT2D eigenvalue weighted by atomic mass is 79.9. The van der Waals surface area contributed by atoms with E-state index in [1.807, 2.05) is 19.1 Å². The standard InChI is InChI=1S/C28H24BrClF2O4/c1-15(2)21-13-22(16-6-8-19(30)9-7-16)26(17-4-3-5-20(31)10-17)36-27(21)23-11-18(29)12-24(32)28(23)35-14-25(33)34/h3-12,21-22,26-27H,1,13-14H2,2H3,(H,33,34)/t21-,22-,26+,27+/m1/s1. The van der Waals surface area contributed by atoms with Gasteiger partial charge < -0.3 is 14.6 Å². The Morgan fingerprint density at radius 3 is 2.50 bits per heavy atom. The van der Waals surface area contributed by atoms with Crippen molar-refractivity contribution in [3.8, 4) is 5.75 Å². The zero-order chi connectivity index (χ0) is 26.0. The fourth-order valence-electron chi connectivity index (χ4n) is 4.71. The molecule has 3 aromatic carbocycles. The zero-order valence-electron chi connectivity index (χ0n) is 19.4. The van der Waals surface area contributed by atoms with Crippen LogP contribution in [0, 0.1) is 17.6 Å². The molecular formula is C28H24BrClF2O4. The summed E-state index contributed by atoms with van der Waals surface area (Å²) in [5, 5.41) is 9.71. The maximum absolute atomic E-state index is 15.0. The van der Waals surface area contributed by atoms with E-state index in [1.54, 1.807) is 30.3 Å². The SMILES string of the molecule is C=C(C)[C@H]1C[C@H](c2ccc(Cl)cc2)[C@H](c2cccc(F)c2)O[C@@H]1c1cc(Br)cc(F)c1OCC(=O)O. The van der Waals surface area contributed by atoms with Crippen LogP contribution < -0.4 is 4.74 Å². The first-order chi connectivity index (χ1) is 17.1. The van der Waals surface area contributed by atoms with Crippen LogP contribution in [0.5, 0.6) is 5.75 Å². The average molecular weight is 578 g/mol. The highest BCUT2D eigenvalue weighted by Crippen LogP contribution is 2.53. The van der Waals surface area contributed by atoms with Crippen LogP contribution in [0.3, 0.4) is 0 Å². The number of benzene rings is 3. The van der Waals surface area contributed by atoms with E-state index < -0.39 is 36.4 Å². The molecule has 4 nitrogen and oxygen atoms in total. The molecule has 0 spiro atoms. The summed E-state index contributed by atoms with van der Waals surface area (Å²) < 4.78 is 41.8. The molecule has 4 atom stereocenters. The molecule has 1 heterocycles. The van der Waals surface area contributed by atoms with Crippen molar-refractivity contribution in [1.29, 1.82) is 0 Å². The lowest BCUT2D eigenvalue weighted by molar-refractivity contribution is -0.139. The highest BCUT2D eigenvalue weighted by Gasteiger charge is 2.42. The third kappa shape index (κ3) is 5.80. The molecule has 1 fully saturated rings. The number of hydrogen-bond donors (Lipinski definition) is 1. The minimum absolute atomic E-state index is 0.178. The van der Waals surface area contributed by atoms with E-state index in [1.165, 1.54) is 18.2 Å².